The van der Waals surface area contributed by atoms with Crippen molar-refractivity contribution in [1.82, 2.24) is 15.5 Å². The van der Waals surface area contributed by atoms with Gasteiger partial charge in [0.25, 0.3) is 0 Å². The van der Waals surface area contributed by atoms with Crippen LogP contribution in [0.4, 0.5) is 0 Å². The second-order valence-corrected chi connectivity index (χ2v) is 4.33. The molecule has 80 valence electrons. The molecule has 1 unspecified atom stereocenters. The van der Waals surface area contributed by atoms with Gasteiger partial charge < -0.3 is 9.84 Å². The summed E-state index contributed by atoms with van der Waals surface area (Å²) in [5.74, 6) is 0.841. The average Bonchev–Trinajstić information content (AvgIpc) is 2.84. The van der Waals surface area contributed by atoms with E-state index in [9.17, 15) is 0 Å². The molecule has 0 bridgehead atoms. The molecule has 2 aromatic rings. The first kappa shape index (κ1) is 10.3. The number of hydrogen-bond donors (Lipinski definition) is 1. The van der Waals surface area contributed by atoms with Gasteiger partial charge >= 0.3 is 0 Å². The molecule has 1 N–H and O–H groups in total. The van der Waals surface area contributed by atoms with Crippen LogP contribution in [0.2, 0.25) is 0 Å². The Morgan fingerprint density at radius 3 is 3.07 bits per heavy atom. The zero-order chi connectivity index (χ0) is 10.7. The van der Waals surface area contributed by atoms with Crippen molar-refractivity contribution >= 4 is 11.3 Å². The van der Waals surface area contributed by atoms with Crippen molar-refractivity contribution in [3.63, 3.8) is 0 Å². The predicted molar refractivity (Wildman–Crippen MR) is 58.6 cm³/mol. The molecule has 2 aromatic heterocycles. The molecule has 0 aliphatic carbocycles. The summed E-state index contributed by atoms with van der Waals surface area (Å²) in [6.07, 6.45) is 1.82. The first-order valence-electron chi connectivity index (χ1n) is 4.80. The van der Waals surface area contributed by atoms with Gasteiger partial charge in [-0.05, 0) is 13.8 Å². The number of aryl methyl sites for hydroxylation is 1. The van der Waals surface area contributed by atoms with E-state index in [1.807, 2.05) is 24.6 Å². The lowest BCUT2D eigenvalue weighted by Crippen LogP contribution is -2.17. The fourth-order valence-electron chi connectivity index (χ4n) is 1.29. The highest BCUT2D eigenvalue weighted by atomic mass is 32.1. The Morgan fingerprint density at radius 2 is 2.47 bits per heavy atom. The molecule has 0 aliphatic rings. The fraction of sp³-hybridized carbons (Fsp3) is 0.400. The molecule has 1 atom stereocenters. The molecule has 2 rings (SSSR count). The van der Waals surface area contributed by atoms with E-state index in [2.05, 4.69) is 22.4 Å². The number of nitrogens with one attached hydrogen (secondary N) is 1. The second-order valence-electron chi connectivity index (χ2n) is 3.40. The second kappa shape index (κ2) is 4.55. The van der Waals surface area contributed by atoms with Gasteiger partial charge in [0.05, 0.1) is 11.7 Å². The lowest BCUT2D eigenvalue weighted by Gasteiger charge is -2.08. The van der Waals surface area contributed by atoms with Gasteiger partial charge in [-0.3, -0.25) is 0 Å². The highest BCUT2D eigenvalue weighted by Crippen LogP contribution is 2.15. The standard InChI is InChI=1S/C10H13N3OS/c1-7-5-9(13-14-7)6-12-8(2)10-11-3-4-15-10/h3-5,8,12H,6H2,1-2H3. The Hall–Kier alpha value is -1.20. The van der Waals surface area contributed by atoms with Crippen LogP contribution in [0.15, 0.2) is 22.2 Å². The summed E-state index contributed by atoms with van der Waals surface area (Å²) in [5.41, 5.74) is 0.927. The van der Waals surface area contributed by atoms with Crippen molar-refractivity contribution in [3.8, 4) is 0 Å². The van der Waals surface area contributed by atoms with Crippen LogP contribution in [-0.4, -0.2) is 10.1 Å². The maximum atomic E-state index is 4.98. The minimum atomic E-state index is 0.252. The van der Waals surface area contributed by atoms with Crippen LogP contribution in [0.1, 0.15) is 29.4 Å². The van der Waals surface area contributed by atoms with E-state index in [-0.39, 0.29) is 6.04 Å². The number of hydrogen-bond acceptors (Lipinski definition) is 5. The van der Waals surface area contributed by atoms with Crippen molar-refractivity contribution in [3.05, 3.63) is 34.1 Å². The van der Waals surface area contributed by atoms with E-state index in [0.717, 1.165) is 16.5 Å². The molecule has 0 amide bonds. The minimum Gasteiger partial charge on any atom is -0.361 e. The molecule has 0 radical (unpaired) electrons. The average molecular weight is 223 g/mol. The van der Waals surface area contributed by atoms with Crippen molar-refractivity contribution in [2.24, 2.45) is 0 Å². The molecule has 4 nitrogen and oxygen atoms in total. The SMILES string of the molecule is Cc1cc(CNC(C)c2nccs2)no1. The summed E-state index contributed by atoms with van der Waals surface area (Å²) >= 11 is 1.65. The number of rotatable bonds is 4. The van der Waals surface area contributed by atoms with Crippen LogP contribution >= 0.6 is 11.3 Å². The molecule has 0 spiro atoms. The third-order valence-electron chi connectivity index (χ3n) is 2.09. The van der Waals surface area contributed by atoms with Gasteiger partial charge in [-0.2, -0.15) is 0 Å². The Kier molecular flexibility index (Phi) is 3.13. The Labute approximate surface area is 92.3 Å². The number of aromatic nitrogens is 2. The van der Waals surface area contributed by atoms with Crippen LogP contribution in [-0.2, 0) is 6.54 Å². The molecule has 0 aliphatic heterocycles. The zero-order valence-electron chi connectivity index (χ0n) is 8.73. The predicted octanol–water partition coefficient (Wildman–Crippen LogP) is 2.29. The highest BCUT2D eigenvalue weighted by Gasteiger charge is 2.08. The van der Waals surface area contributed by atoms with E-state index in [4.69, 9.17) is 4.52 Å². The quantitative estimate of drug-likeness (QED) is 0.864. The van der Waals surface area contributed by atoms with E-state index in [1.165, 1.54) is 0 Å². The summed E-state index contributed by atoms with van der Waals surface area (Å²) in [4.78, 5) is 4.25. The molecule has 5 heteroatoms. The Balaban J connectivity index is 1.88. The largest absolute Gasteiger partial charge is 0.361 e. The zero-order valence-corrected chi connectivity index (χ0v) is 9.54. The van der Waals surface area contributed by atoms with E-state index >= 15 is 0 Å². The molecular formula is C10H13N3OS. The van der Waals surface area contributed by atoms with Crippen LogP contribution in [0.25, 0.3) is 0 Å². The van der Waals surface area contributed by atoms with Gasteiger partial charge in [0.2, 0.25) is 0 Å². The topological polar surface area (TPSA) is 51.0 Å². The van der Waals surface area contributed by atoms with Crippen LogP contribution in [0, 0.1) is 6.92 Å². The Morgan fingerprint density at radius 1 is 1.60 bits per heavy atom. The van der Waals surface area contributed by atoms with E-state index < -0.39 is 0 Å². The van der Waals surface area contributed by atoms with Gasteiger partial charge in [-0.25, -0.2) is 4.98 Å². The van der Waals surface area contributed by atoms with Gasteiger partial charge in [0.15, 0.2) is 0 Å². The monoisotopic (exact) mass is 223 g/mol. The first-order valence-corrected chi connectivity index (χ1v) is 5.68. The number of nitrogens with zero attached hydrogens (tertiary/aromatic N) is 2. The lowest BCUT2D eigenvalue weighted by molar-refractivity contribution is 0.386. The van der Waals surface area contributed by atoms with Crippen LogP contribution < -0.4 is 5.32 Å². The third kappa shape index (κ3) is 2.64. The summed E-state index contributed by atoms with van der Waals surface area (Å²) in [5, 5.41) is 10.3. The summed E-state index contributed by atoms with van der Waals surface area (Å²) < 4.78 is 4.98. The third-order valence-corrected chi connectivity index (χ3v) is 3.05. The molecular weight excluding hydrogens is 210 g/mol. The van der Waals surface area contributed by atoms with Gasteiger partial charge in [0, 0.05) is 24.2 Å². The van der Waals surface area contributed by atoms with Crippen molar-refractivity contribution in [1.29, 1.82) is 0 Å². The van der Waals surface area contributed by atoms with Crippen molar-refractivity contribution in [2.45, 2.75) is 26.4 Å². The molecule has 15 heavy (non-hydrogen) atoms. The van der Waals surface area contributed by atoms with Crippen LogP contribution in [0.5, 0.6) is 0 Å². The highest BCUT2D eigenvalue weighted by molar-refractivity contribution is 7.09. The molecule has 0 saturated heterocycles. The molecule has 0 fully saturated rings. The van der Waals surface area contributed by atoms with Crippen molar-refractivity contribution in [2.75, 3.05) is 0 Å². The molecule has 0 saturated carbocycles. The van der Waals surface area contributed by atoms with Crippen LogP contribution in [0.3, 0.4) is 0 Å². The van der Waals surface area contributed by atoms with Gasteiger partial charge in [-0.15, -0.1) is 11.3 Å². The number of thiazole rings is 1. The smallest absolute Gasteiger partial charge is 0.133 e. The van der Waals surface area contributed by atoms with Gasteiger partial charge in [0.1, 0.15) is 10.8 Å². The molecule has 0 aromatic carbocycles. The fourth-order valence-corrected chi connectivity index (χ4v) is 1.96. The summed E-state index contributed by atoms with van der Waals surface area (Å²) in [6, 6.07) is 2.18. The lowest BCUT2D eigenvalue weighted by atomic mass is 10.3. The van der Waals surface area contributed by atoms with Gasteiger partial charge in [-0.1, -0.05) is 5.16 Å². The van der Waals surface area contributed by atoms with E-state index in [1.54, 1.807) is 11.3 Å². The Bertz CT molecular complexity index is 410. The summed E-state index contributed by atoms with van der Waals surface area (Å²) in [6.45, 7) is 4.69. The minimum absolute atomic E-state index is 0.252. The van der Waals surface area contributed by atoms with Crippen molar-refractivity contribution < 1.29 is 4.52 Å². The maximum Gasteiger partial charge on any atom is 0.133 e. The normalized spacial score (nSPS) is 12.9. The molecule has 2 heterocycles. The van der Waals surface area contributed by atoms with E-state index in [0.29, 0.717) is 6.54 Å². The maximum absolute atomic E-state index is 4.98. The summed E-state index contributed by atoms with van der Waals surface area (Å²) in [7, 11) is 0. The first-order chi connectivity index (χ1) is 7.25.